The Morgan fingerprint density at radius 2 is 0.800 bits per heavy atom. The van der Waals surface area contributed by atoms with Crippen LogP contribution in [0.5, 0.6) is 17.2 Å². The van der Waals surface area contributed by atoms with E-state index in [9.17, 15) is 25.7 Å². The van der Waals surface area contributed by atoms with Gasteiger partial charge in [0.15, 0.2) is 0 Å². The van der Waals surface area contributed by atoms with Crippen LogP contribution < -0.4 is 14.2 Å². The van der Waals surface area contributed by atoms with E-state index in [1.165, 1.54) is 12.1 Å². The monoisotopic (exact) mass is 633 g/mol. The number of hydrogen-bond acceptors (Lipinski definition) is 8. The predicted octanol–water partition coefficient (Wildman–Crippen LogP) is 6.83. The quantitative estimate of drug-likeness (QED) is 0.235. The van der Waals surface area contributed by atoms with Gasteiger partial charge in [-0.2, -0.15) is 0 Å². The zero-order chi connectivity index (χ0) is 34.1. The van der Waals surface area contributed by atoms with Crippen LogP contribution in [0.3, 0.4) is 0 Å². The zero-order valence-electron chi connectivity index (χ0n) is 29.2. The van der Waals surface area contributed by atoms with Crippen molar-refractivity contribution in [3.63, 3.8) is 0 Å². The standard InChI is InChI=1S/C33H53N4O8/c1-28(2)15-22(16-29(3,4)35(28)40)43-21-13-25(44-23-17-30(5,6)36(41)31(7,8)18-23)27(34(38)39)26(14-21)45-24-19-32(9,10)37(42)33(11,12)20-24/h13-14,22-24H,15-20H2,1-12H3. The number of rotatable bonds is 7. The number of nitrogens with zero attached hydrogens (tertiary/aromatic N) is 4. The molecule has 1 aromatic rings. The van der Waals surface area contributed by atoms with Crippen molar-refractivity contribution in [2.24, 2.45) is 0 Å². The summed E-state index contributed by atoms with van der Waals surface area (Å²) in [6, 6.07) is 3.07. The van der Waals surface area contributed by atoms with E-state index in [4.69, 9.17) is 14.2 Å². The number of piperidine rings is 3. The Labute approximate surface area is 268 Å². The number of nitro groups is 1. The molecule has 253 valence electrons. The van der Waals surface area contributed by atoms with Crippen LogP contribution in [-0.2, 0) is 15.6 Å². The predicted molar refractivity (Wildman–Crippen MR) is 166 cm³/mol. The molecular weight excluding hydrogens is 580 g/mol. The first kappa shape index (κ1) is 35.6. The Kier molecular flexibility index (Phi) is 9.09. The van der Waals surface area contributed by atoms with Crippen molar-refractivity contribution < 1.29 is 34.8 Å². The molecule has 0 spiro atoms. The van der Waals surface area contributed by atoms with Crippen LogP contribution in [0, 0.1) is 10.1 Å². The fourth-order valence-electron chi connectivity index (χ4n) is 8.30. The molecular formula is C33H53N4O8. The number of hydroxylamine groups is 6. The van der Waals surface area contributed by atoms with Gasteiger partial charge in [0.05, 0.1) is 4.92 Å². The van der Waals surface area contributed by atoms with E-state index >= 15 is 0 Å². The van der Waals surface area contributed by atoms with Crippen molar-refractivity contribution in [1.82, 2.24) is 15.2 Å². The summed E-state index contributed by atoms with van der Waals surface area (Å²) < 4.78 is 19.4. The highest BCUT2D eigenvalue weighted by atomic mass is 16.6. The molecule has 3 saturated heterocycles. The van der Waals surface area contributed by atoms with E-state index in [0.29, 0.717) is 44.3 Å². The second kappa shape index (κ2) is 11.5. The summed E-state index contributed by atoms with van der Waals surface area (Å²) >= 11 is 0. The summed E-state index contributed by atoms with van der Waals surface area (Å²) in [6.07, 6.45) is 1.08. The minimum absolute atomic E-state index is 0.00279. The lowest BCUT2D eigenvalue weighted by atomic mass is 9.80. The van der Waals surface area contributed by atoms with Gasteiger partial charge in [-0.1, -0.05) is 0 Å². The highest BCUT2D eigenvalue weighted by Gasteiger charge is 2.50. The molecule has 4 rings (SSSR count). The first-order valence-electron chi connectivity index (χ1n) is 16.0. The maximum atomic E-state index is 13.0. The van der Waals surface area contributed by atoms with Gasteiger partial charge in [-0.05, 0) is 83.1 Å². The molecule has 1 aromatic carbocycles. The van der Waals surface area contributed by atoms with Crippen molar-refractivity contribution in [3.05, 3.63) is 22.2 Å². The van der Waals surface area contributed by atoms with Gasteiger partial charge in [-0.3, -0.25) is 10.1 Å². The molecule has 12 heteroatoms. The molecule has 0 amide bonds. The highest BCUT2D eigenvalue weighted by molar-refractivity contribution is 5.61. The van der Waals surface area contributed by atoms with Gasteiger partial charge in [-0.15, -0.1) is 30.8 Å². The van der Waals surface area contributed by atoms with E-state index in [1.54, 1.807) is 0 Å². The molecule has 0 aromatic heterocycles. The number of ether oxygens (including phenoxy) is 3. The average molecular weight is 634 g/mol. The smallest absolute Gasteiger partial charge is 0.352 e. The number of hydrogen-bond donors (Lipinski definition) is 0. The van der Waals surface area contributed by atoms with Gasteiger partial charge in [-0.25, -0.2) is 0 Å². The topological polar surface area (TPSA) is 140 Å². The van der Waals surface area contributed by atoms with Crippen LogP contribution in [0.25, 0.3) is 0 Å². The third-order valence-electron chi connectivity index (χ3n) is 9.75. The van der Waals surface area contributed by atoms with Gasteiger partial charge in [0.2, 0.25) is 11.5 Å². The van der Waals surface area contributed by atoms with E-state index in [0.717, 1.165) is 15.2 Å². The van der Waals surface area contributed by atoms with Gasteiger partial charge >= 0.3 is 5.69 Å². The fourth-order valence-corrected chi connectivity index (χ4v) is 8.30. The molecule has 0 unspecified atom stereocenters. The molecule has 0 bridgehead atoms. The summed E-state index contributed by atoms with van der Waals surface area (Å²) in [4.78, 5) is 12.2. The molecule has 3 fully saturated rings. The van der Waals surface area contributed by atoms with E-state index < -0.39 is 50.4 Å². The molecule has 3 aliphatic heterocycles. The first-order valence-corrected chi connectivity index (χ1v) is 16.0. The minimum Gasteiger partial charge on any atom is -0.490 e. The molecule has 12 nitrogen and oxygen atoms in total. The Morgan fingerprint density at radius 1 is 0.556 bits per heavy atom. The van der Waals surface area contributed by atoms with Crippen LogP contribution in [0.15, 0.2) is 12.1 Å². The van der Waals surface area contributed by atoms with Gasteiger partial charge in [0.25, 0.3) is 0 Å². The normalized spacial score (nSPS) is 27.2. The fraction of sp³-hybridized carbons (Fsp3) is 0.818. The van der Waals surface area contributed by atoms with E-state index in [2.05, 4.69) is 0 Å². The Morgan fingerprint density at radius 3 is 1.04 bits per heavy atom. The molecule has 3 heterocycles. The third-order valence-corrected chi connectivity index (χ3v) is 9.75. The second-order valence-corrected chi connectivity index (χ2v) is 17.2. The third kappa shape index (κ3) is 7.21. The van der Waals surface area contributed by atoms with Gasteiger partial charge in [0, 0.05) is 83.9 Å². The van der Waals surface area contributed by atoms with Crippen LogP contribution in [0.1, 0.15) is 122 Å². The summed E-state index contributed by atoms with van der Waals surface area (Å²) in [5.41, 5.74) is -4.68. The molecule has 0 N–H and O–H groups in total. The largest absolute Gasteiger partial charge is 0.490 e. The Balaban J connectivity index is 1.76. The van der Waals surface area contributed by atoms with Crippen molar-refractivity contribution in [1.29, 1.82) is 0 Å². The lowest BCUT2D eigenvalue weighted by Crippen LogP contribution is -2.60. The molecule has 0 aliphatic carbocycles. The van der Waals surface area contributed by atoms with Gasteiger partial charge < -0.3 is 14.2 Å². The molecule has 0 saturated carbocycles. The first-order chi connectivity index (χ1) is 20.3. The van der Waals surface area contributed by atoms with E-state index in [-0.39, 0.29) is 23.3 Å². The van der Waals surface area contributed by atoms with Crippen LogP contribution >= 0.6 is 0 Å². The lowest BCUT2D eigenvalue weighted by Gasteiger charge is -2.50. The SMILES string of the molecule is CC1(C)CC(Oc2cc(OC3CC(C)(C)N([O])C(C)(C)C3)c([N+](=O)[O-])c(OC3CC(C)(C)N([O])C(C)(C)C3)c2)CC(C)(C)N1[O]. The Bertz CT molecular complexity index is 1160. The maximum Gasteiger partial charge on any atom is 0.352 e. The molecule has 3 radical (unpaired) electrons. The maximum absolute atomic E-state index is 13.0. The highest BCUT2D eigenvalue weighted by Crippen LogP contribution is 2.48. The van der Waals surface area contributed by atoms with Crippen LogP contribution in [0.4, 0.5) is 5.69 Å². The van der Waals surface area contributed by atoms with Gasteiger partial charge in [0.1, 0.15) is 24.1 Å². The lowest BCUT2D eigenvalue weighted by molar-refractivity contribution is -0.387. The second-order valence-electron chi connectivity index (χ2n) is 17.2. The summed E-state index contributed by atoms with van der Waals surface area (Å²) in [5.74, 6) is 0.340. The molecule has 0 atom stereocenters. The van der Waals surface area contributed by atoms with Crippen molar-refractivity contribution in [3.8, 4) is 17.2 Å². The summed E-state index contributed by atoms with van der Waals surface area (Å²) in [7, 11) is 0. The van der Waals surface area contributed by atoms with Crippen molar-refractivity contribution in [2.75, 3.05) is 0 Å². The van der Waals surface area contributed by atoms with Crippen molar-refractivity contribution >= 4 is 5.69 Å². The Hall–Kier alpha value is -2.22. The number of benzene rings is 1. The average Bonchev–Trinajstić information content (AvgIpc) is 2.83. The summed E-state index contributed by atoms with van der Waals surface area (Å²) in [5, 5.41) is 55.0. The van der Waals surface area contributed by atoms with Crippen molar-refractivity contribution in [2.45, 2.75) is 173 Å². The molecule has 45 heavy (non-hydrogen) atoms. The summed E-state index contributed by atoms with van der Waals surface area (Å²) in [6.45, 7) is 22.3. The minimum atomic E-state index is -0.748. The van der Waals surface area contributed by atoms with Crippen LogP contribution in [0.2, 0.25) is 0 Å². The zero-order valence-corrected chi connectivity index (χ0v) is 29.2. The van der Waals surface area contributed by atoms with E-state index in [1.807, 2.05) is 83.1 Å². The number of nitro benzene ring substituents is 1. The van der Waals surface area contributed by atoms with Crippen LogP contribution in [-0.4, -0.2) is 71.7 Å². The molecule has 3 aliphatic rings.